The number of sulfonamides is 1. The first-order valence-corrected chi connectivity index (χ1v) is 9.92. The summed E-state index contributed by atoms with van der Waals surface area (Å²) < 4.78 is 29.7. The average Bonchev–Trinajstić information content (AvgIpc) is 3.16. The Morgan fingerprint density at radius 1 is 1.04 bits per heavy atom. The molecule has 2 N–H and O–H groups in total. The van der Waals surface area contributed by atoms with E-state index in [-0.39, 0.29) is 4.90 Å². The molecular formula is C19H19N5O2S. The lowest BCUT2D eigenvalue weighted by molar-refractivity contribution is 0.599. The maximum atomic E-state index is 12.7. The predicted molar refractivity (Wildman–Crippen MR) is 105 cm³/mol. The normalized spacial score (nSPS) is 11.8. The number of nitrogens with one attached hydrogen (secondary N) is 2. The standard InChI is InChI=1S/C19H19N5O2S/c1-12-18(13(2)24(3)22-12)27(25,26)23-15-10-8-14(9-11-15)19-20-16-6-4-5-7-17(16)21-19/h4-11,23H,1-3H3,(H,20,21). The van der Waals surface area contributed by atoms with E-state index in [0.717, 1.165) is 22.4 Å². The molecular weight excluding hydrogens is 362 g/mol. The maximum absolute atomic E-state index is 12.7. The van der Waals surface area contributed by atoms with Gasteiger partial charge in [-0.3, -0.25) is 9.40 Å². The molecule has 2 heterocycles. The molecule has 2 aromatic heterocycles. The molecule has 0 aliphatic heterocycles. The first-order valence-electron chi connectivity index (χ1n) is 8.43. The molecule has 0 saturated heterocycles. The Bertz CT molecular complexity index is 1200. The Kier molecular flexibility index (Phi) is 4.00. The second kappa shape index (κ2) is 6.24. The average molecular weight is 381 g/mol. The van der Waals surface area contributed by atoms with Crippen molar-refractivity contribution in [1.82, 2.24) is 19.7 Å². The van der Waals surface area contributed by atoms with Gasteiger partial charge in [0.1, 0.15) is 10.7 Å². The summed E-state index contributed by atoms with van der Waals surface area (Å²) in [6, 6.07) is 14.9. The van der Waals surface area contributed by atoms with Crippen LogP contribution in [0.2, 0.25) is 0 Å². The number of aromatic amines is 1. The molecule has 0 aliphatic carbocycles. The number of aromatic nitrogens is 4. The fourth-order valence-electron chi connectivity index (χ4n) is 3.13. The number of H-pyrrole nitrogens is 1. The van der Waals surface area contributed by atoms with Gasteiger partial charge in [0, 0.05) is 18.3 Å². The number of nitrogens with zero attached hydrogens (tertiary/aromatic N) is 3. The first kappa shape index (κ1) is 17.3. The number of anilines is 1. The van der Waals surface area contributed by atoms with E-state index in [1.807, 2.05) is 36.4 Å². The van der Waals surface area contributed by atoms with Crippen LogP contribution in [0, 0.1) is 13.8 Å². The van der Waals surface area contributed by atoms with Crippen molar-refractivity contribution in [3.63, 3.8) is 0 Å². The summed E-state index contributed by atoms with van der Waals surface area (Å²) in [5.74, 6) is 0.740. The Morgan fingerprint density at radius 3 is 2.37 bits per heavy atom. The highest BCUT2D eigenvalue weighted by Crippen LogP contribution is 2.25. The molecule has 4 rings (SSSR count). The molecule has 0 spiro atoms. The van der Waals surface area contributed by atoms with Crippen LogP contribution in [0.25, 0.3) is 22.4 Å². The molecule has 0 amide bonds. The van der Waals surface area contributed by atoms with Crippen molar-refractivity contribution < 1.29 is 8.42 Å². The van der Waals surface area contributed by atoms with Gasteiger partial charge in [-0.2, -0.15) is 5.10 Å². The third kappa shape index (κ3) is 3.08. The molecule has 138 valence electrons. The van der Waals surface area contributed by atoms with E-state index in [0.29, 0.717) is 17.1 Å². The summed E-state index contributed by atoms with van der Waals surface area (Å²) in [7, 11) is -1.98. The largest absolute Gasteiger partial charge is 0.338 e. The van der Waals surface area contributed by atoms with E-state index in [1.165, 1.54) is 0 Å². The van der Waals surface area contributed by atoms with Crippen molar-refractivity contribution in [3.05, 3.63) is 59.9 Å². The molecule has 0 unspecified atom stereocenters. The van der Waals surface area contributed by atoms with Gasteiger partial charge in [-0.05, 0) is 50.2 Å². The van der Waals surface area contributed by atoms with Crippen LogP contribution in [0.1, 0.15) is 11.4 Å². The summed E-state index contributed by atoms with van der Waals surface area (Å²) in [4.78, 5) is 8.03. The van der Waals surface area contributed by atoms with E-state index in [2.05, 4.69) is 19.8 Å². The van der Waals surface area contributed by atoms with Crippen LogP contribution in [0.15, 0.2) is 53.4 Å². The number of rotatable bonds is 4. The molecule has 0 aliphatic rings. The van der Waals surface area contributed by atoms with Crippen LogP contribution in [0.5, 0.6) is 0 Å². The Balaban J connectivity index is 1.62. The maximum Gasteiger partial charge on any atom is 0.265 e. The third-order valence-corrected chi connectivity index (χ3v) is 6.14. The molecule has 4 aromatic rings. The lowest BCUT2D eigenvalue weighted by Gasteiger charge is -2.09. The summed E-state index contributed by atoms with van der Waals surface area (Å²) in [5.41, 5.74) is 4.28. The van der Waals surface area contributed by atoms with E-state index in [9.17, 15) is 8.42 Å². The molecule has 0 bridgehead atoms. The van der Waals surface area contributed by atoms with Gasteiger partial charge in [0.25, 0.3) is 10.0 Å². The zero-order valence-corrected chi connectivity index (χ0v) is 16.0. The van der Waals surface area contributed by atoms with Crippen LogP contribution in [-0.2, 0) is 17.1 Å². The van der Waals surface area contributed by atoms with Gasteiger partial charge in [-0.25, -0.2) is 13.4 Å². The minimum atomic E-state index is -3.71. The molecule has 27 heavy (non-hydrogen) atoms. The number of imidazole rings is 1. The predicted octanol–water partition coefficient (Wildman–Crippen LogP) is 3.38. The highest BCUT2D eigenvalue weighted by atomic mass is 32.2. The van der Waals surface area contributed by atoms with Crippen LogP contribution in [-0.4, -0.2) is 28.2 Å². The minimum Gasteiger partial charge on any atom is -0.338 e. The minimum absolute atomic E-state index is 0.214. The van der Waals surface area contributed by atoms with Crippen LogP contribution >= 0.6 is 0 Å². The van der Waals surface area contributed by atoms with Crippen molar-refractivity contribution in [2.24, 2.45) is 7.05 Å². The van der Waals surface area contributed by atoms with Gasteiger partial charge >= 0.3 is 0 Å². The van der Waals surface area contributed by atoms with Crippen molar-refractivity contribution in [3.8, 4) is 11.4 Å². The molecule has 0 radical (unpaired) electrons. The quantitative estimate of drug-likeness (QED) is 0.567. The van der Waals surface area contributed by atoms with Crippen LogP contribution < -0.4 is 4.72 Å². The highest BCUT2D eigenvalue weighted by Gasteiger charge is 2.23. The zero-order valence-electron chi connectivity index (χ0n) is 15.2. The lowest BCUT2D eigenvalue weighted by Crippen LogP contribution is -2.14. The summed E-state index contributed by atoms with van der Waals surface area (Å²) >= 11 is 0. The number of hydrogen-bond donors (Lipinski definition) is 2. The highest BCUT2D eigenvalue weighted by molar-refractivity contribution is 7.92. The fraction of sp³-hybridized carbons (Fsp3) is 0.158. The molecule has 0 atom stereocenters. The molecule has 0 saturated carbocycles. The van der Waals surface area contributed by atoms with Gasteiger partial charge in [-0.1, -0.05) is 12.1 Å². The smallest absolute Gasteiger partial charge is 0.265 e. The van der Waals surface area contributed by atoms with Crippen molar-refractivity contribution in [2.75, 3.05) is 4.72 Å². The van der Waals surface area contributed by atoms with Gasteiger partial charge in [-0.15, -0.1) is 0 Å². The van der Waals surface area contributed by atoms with Crippen LogP contribution in [0.4, 0.5) is 5.69 Å². The summed E-state index contributed by atoms with van der Waals surface area (Å²) in [5, 5.41) is 4.18. The van der Waals surface area contributed by atoms with Crippen molar-refractivity contribution in [2.45, 2.75) is 18.7 Å². The Hall–Kier alpha value is -3.13. The fourth-order valence-corrected chi connectivity index (χ4v) is 4.63. The summed E-state index contributed by atoms with van der Waals surface area (Å²) in [6.07, 6.45) is 0. The van der Waals surface area contributed by atoms with Gasteiger partial charge in [0.15, 0.2) is 0 Å². The molecule has 2 aromatic carbocycles. The Morgan fingerprint density at radius 2 is 1.74 bits per heavy atom. The van der Waals surface area contributed by atoms with Gasteiger partial charge in [0.05, 0.1) is 22.4 Å². The second-order valence-electron chi connectivity index (χ2n) is 6.41. The SMILES string of the molecule is Cc1nn(C)c(C)c1S(=O)(=O)Nc1ccc(-c2nc3ccccc3[nH]2)cc1. The topological polar surface area (TPSA) is 92.7 Å². The van der Waals surface area contributed by atoms with E-state index in [4.69, 9.17) is 0 Å². The second-order valence-corrected chi connectivity index (χ2v) is 8.03. The van der Waals surface area contributed by atoms with E-state index < -0.39 is 10.0 Å². The molecule has 7 nitrogen and oxygen atoms in total. The van der Waals surface area contributed by atoms with Crippen LogP contribution in [0.3, 0.4) is 0 Å². The van der Waals surface area contributed by atoms with Crippen molar-refractivity contribution in [1.29, 1.82) is 0 Å². The molecule has 0 fully saturated rings. The van der Waals surface area contributed by atoms with Gasteiger partial charge < -0.3 is 4.98 Å². The first-order chi connectivity index (χ1) is 12.8. The van der Waals surface area contributed by atoms with Gasteiger partial charge in [0.2, 0.25) is 0 Å². The number of para-hydroxylation sites is 2. The molecule has 8 heteroatoms. The summed E-state index contributed by atoms with van der Waals surface area (Å²) in [6.45, 7) is 3.42. The number of aryl methyl sites for hydroxylation is 2. The number of hydrogen-bond acceptors (Lipinski definition) is 4. The third-order valence-electron chi connectivity index (χ3n) is 4.51. The Labute approximate surface area is 157 Å². The van der Waals surface area contributed by atoms with E-state index >= 15 is 0 Å². The van der Waals surface area contributed by atoms with E-state index in [1.54, 1.807) is 37.7 Å². The van der Waals surface area contributed by atoms with Crippen molar-refractivity contribution >= 4 is 26.7 Å². The zero-order chi connectivity index (χ0) is 19.2. The number of fused-ring (bicyclic) bond motifs is 1. The monoisotopic (exact) mass is 381 g/mol. The number of benzene rings is 2. The lowest BCUT2D eigenvalue weighted by atomic mass is 10.2.